The van der Waals surface area contributed by atoms with Gasteiger partial charge < -0.3 is 33.9 Å². The number of nitrogens with zero attached hydrogens (tertiary/aromatic N) is 4. The summed E-state index contributed by atoms with van der Waals surface area (Å²) in [5.74, 6) is 0. The van der Waals surface area contributed by atoms with Crippen LogP contribution >= 0.6 is 15.1 Å². The van der Waals surface area contributed by atoms with Gasteiger partial charge in [0.25, 0.3) is 0 Å². The molecule has 0 amide bonds. The molecule has 4 rings (SSSR count). The minimum atomic E-state index is -2.07. The summed E-state index contributed by atoms with van der Waals surface area (Å²) in [5.41, 5.74) is 0. The molecule has 0 spiro atoms. The molecule has 4 nitrogen and oxygen atoms in total. The molecule has 0 atom stereocenters. The van der Waals surface area contributed by atoms with Gasteiger partial charge in [0.2, 0.25) is 0 Å². The van der Waals surface area contributed by atoms with Gasteiger partial charge in [0, 0.05) is 46.9 Å². The second-order valence-electron chi connectivity index (χ2n) is 15.6. The molecule has 49 heavy (non-hydrogen) atoms. The van der Waals surface area contributed by atoms with Crippen LogP contribution < -0.4 is 21.2 Å². The summed E-state index contributed by atoms with van der Waals surface area (Å²) >= 11 is 0. The zero-order valence-corrected chi connectivity index (χ0v) is 40.0. The summed E-state index contributed by atoms with van der Waals surface area (Å²) in [7, 11) is -10.8. The molecule has 278 valence electrons. The Balaban J connectivity index is 0.000000886. The van der Waals surface area contributed by atoms with Crippen LogP contribution in [-0.2, 0) is 0 Å². The Morgan fingerprint density at radius 2 is 0.449 bits per heavy atom. The van der Waals surface area contributed by atoms with Gasteiger partial charge in [-0.1, -0.05) is 166 Å². The second-order valence-corrected chi connectivity index (χ2v) is 40.7. The molecule has 0 aliphatic rings. The fraction of sp³-hybridized carbons (Fsp3) is 0.316. The molecular weight excluding hydrogens is 860 g/mol. The third-order valence-electron chi connectivity index (χ3n) is 6.24. The molecule has 0 aliphatic heterocycles. The summed E-state index contributed by atoms with van der Waals surface area (Å²) in [5, 5.41) is 5.15. The Kier molecular flexibility index (Phi) is 20.4. The molecule has 0 unspecified atom stereocenters. The van der Waals surface area contributed by atoms with Crippen LogP contribution in [0.15, 0.2) is 121 Å². The minimum Gasteiger partial charge on any atom is -0.497 e. The second kappa shape index (κ2) is 20.4. The van der Waals surface area contributed by atoms with Gasteiger partial charge >= 0.3 is 0 Å². The van der Waals surface area contributed by atoms with Crippen molar-refractivity contribution >= 4 is 69.3 Å². The molecule has 0 radical (unpaired) electrons. The molecule has 11 heteroatoms. The SMILES string of the molecule is C[Si](C)(C)[N-][P+]([N-][Si](C)(C)C)(c1ccccc1)c1ccccc1.C[Si](C)(C)[N-][P+]([N-][Si](C)(C)C)(c1ccccc1)c1ccccc1.[CH3-].[CH3-].[Yb]. The Hall–Kier alpha value is -0.0330. The van der Waals surface area contributed by atoms with E-state index in [1.165, 1.54) is 21.2 Å². The smallest absolute Gasteiger partial charge is 0.0705 e. The molecule has 0 bridgehead atoms. The molecule has 0 N–H and O–H groups in total. The molecule has 4 aromatic rings. The molecule has 0 fully saturated rings. The first kappa shape index (κ1) is 49.0. The van der Waals surface area contributed by atoms with Gasteiger partial charge in [0.05, 0.1) is 21.2 Å². The van der Waals surface area contributed by atoms with Crippen LogP contribution in [0.4, 0.5) is 0 Å². The fourth-order valence-corrected chi connectivity index (χ4v) is 26.8. The predicted octanol–water partition coefficient (Wildman–Crippen LogP) is 12.7. The van der Waals surface area contributed by atoms with E-state index < -0.39 is 48.1 Å². The van der Waals surface area contributed by atoms with E-state index >= 15 is 0 Å². The average molecular weight is 922 g/mol. The van der Waals surface area contributed by atoms with E-state index in [-0.39, 0.29) is 61.8 Å². The van der Waals surface area contributed by atoms with Gasteiger partial charge in [-0.05, 0) is 81.5 Å². The Bertz CT molecular complexity index is 1250. The number of benzene rings is 4. The van der Waals surface area contributed by atoms with Crippen molar-refractivity contribution in [1.29, 1.82) is 0 Å². The summed E-state index contributed by atoms with van der Waals surface area (Å²) < 4.78 is 21.9. The summed E-state index contributed by atoms with van der Waals surface area (Å²) in [4.78, 5) is 0. The van der Waals surface area contributed by atoms with Crippen LogP contribution in [0.1, 0.15) is 0 Å². The molecule has 0 saturated heterocycles. The Morgan fingerprint density at radius 3 is 0.571 bits per heavy atom. The van der Waals surface area contributed by atoms with Crippen LogP contribution in [0.3, 0.4) is 0 Å². The van der Waals surface area contributed by atoms with Crippen molar-refractivity contribution in [2.24, 2.45) is 0 Å². The van der Waals surface area contributed by atoms with Crippen LogP contribution in [0.25, 0.3) is 19.0 Å². The van der Waals surface area contributed by atoms with E-state index in [0.29, 0.717) is 0 Å². The van der Waals surface area contributed by atoms with E-state index in [0.717, 1.165) is 0 Å². The zero-order chi connectivity index (χ0) is 34.3. The molecular formula is C38H62N4P2Si4Yb-4. The van der Waals surface area contributed by atoms with Crippen molar-refractivity contribution < 1.29 is 46.9 Å². The first-order valence-corrected chi connectivity index (χ1v) is 33.4. The Labute approximate surface area is 346 Å². The van der Waals surface area contributed by atoms with Crippen LogP contribution in [0.5, 0.6) is 0 Å². The third kappa shape index (κ3) is 15.8. The van der Waals surface area contributed by atoms with E-state index in [9.17, 15) is 0 Å². The summed E-state index contributed by atoms with van der Waals surface area (Å²) in [6.45, 7) is 27.8. The minimum absolute atomic E-state index is 0. The van der Waals surface area contributed by atoms with Crippen molar-refractivity contribution in [3.8, 4) is 0 Å². The van der Waals surface area contributed by atoms with Crippen LogP contribution in [0, 0.1) is 61.8 Å². The number of hydrogen-bond acceptors (Lipinski definition) is 0. The number of hydrogen-bond donors (Lipinski definition) is 0. The van der Waals surface area contributed by atoms with Gasteiger partial charge in [-0.15, -0.1) is 0 Å². The maximum atomic E-state index is 5.48. The summed E-state index contributed by atoms with van der Waals surface area (Å²) in [6, 6.07) is 43.0. The van der Waals surface area contributed by atoms with Crippen molar-refractivity contribution in [2.45, 2.75) is 78.6 Å². The van der Waals surface area contributed by atoms with Crippen molar-refractivity contribution in [3.05, 3.63) is 155 Å². The van der Waals surface area contributed by atoms with E-state index in [2.05, 4.69) is 200 Å². The van der Waals surface area contributed by atoms with Crippen LogP contribution in [0.2, 0.25) is 78.6 Å². The quantitative estimate of drug-likeness (QED) is 0.0772. The first-order chi connectivity index (χ1) is 21.2. The van der Waals surface area contributed by atoms with Crippen molar-refractivity contribution in [2.75, 3.05) is 0 Å². The standard InChI is InChI=1S/2C18H28N2PSi2.2CH3.Yb/c2*1-22(2,3)19-21(20-23(4,5)6,17-13-9-7-10-14-17)18-15-11-8-12-16-18;;;/h2*7-16H,1-6H3;2*1H3;/q4*-1;. The predicted molar refractivity (Wildman–Crippen MR) is 238 cm³/mol. The first-order valence-electron chi connectivity index (χ1n) is 16.2. The van der Waals surface area contributed by atoms with Crippen molar-refractivity contribution in [1.82, 2.24) is 0 Å². The van der Waals surface area contributed by atoms with Crippen LogP contribution in [-0.4, -0.2) is 32.9 Å². The van der Waals surface area contributed by atoms with Gasteiger partial charge in [0.15, 0.2) is 0 Å². The normalized spacial score (nSPS) is 12.3. The van der Waals surface area contributed by atoms with Crippen molar-refractivity contribution in [3.63, 3.8) is 0 Å². The van der Waals surface area contributed by atoms with Gasteiger partial charge in [-0.3, -0.25) is 0 Å². The van der Waals surface area contributed by atoms with E-state index in [4.69, 9.17) is 19.0 Å². The van der Waals surface area contributed by atoms with Gasteiger partial charge in [0.1, 0.15) is 0 Å². The maximum absolute atomic E-state index is 5.48. The third-order valence-corrected chi connectivity index (χ3v) is 24.5. The molecule has 0 aliphatic carbocycles. The van der Waals surface area contributed by atoms with E-state index in [1.807, 2.05) is 0 Å². The topological polar surface area (TPSA) is 56.4 Å². The van der Waals surface area contributed by atoms with Gasteiger partial charge in [-0.2, -0.15) is 0 Å². The van der Waals surface area contributed by atoms with E-state index in [1.54, 1.807) is 0 Å². The number of rotatable bonds is 12. The Morgan fingerprint density at radius 1 is 0.306 bits per heavy atom. The molecule has 0 aromatic heterocycles. The molecule has 0 heterocycles. The summed E-state index contributed by atoms with van der Waals surface area (Å²) in [6.07, 6.45) is 0. The monoisotopic (exact) mass is 922 g/mol. The fourth-order valence-electron chi connectivity index (χ4n) is 5.08. The average Bonchev–Trinajstić information content (AvgIpc) is 2.96. The van der Waals surface area contributed by atoms with Gasteiger partial charge in [-0.25, -0.2) is 0 Å². The zero-order valence-electron chi connectivity index (χ0n) is 32.5. The largest absolute Gasteiger partial charge is 0.497 e. The molecule has 0 saturated carbocycles. The maximum Gasteiger partial charge on any atom is 0.0705 e. The molecule has 4 aromatic carbocycles.